The van der Waals surface area contributed by atoms with E-state index in [0.29, 0.717) is 10.9 Å². The second-order valence-electron chi connectivity index (χ2n) is 8.99. The van der Waals surface area contributed by atoms with E-state index in [9.17, 15) is 33.9 Å². The monoisotopic (exact) mass is 491 g/mol. The van der Waals surface area contributed by atoms with Crippen molar-refractivity contribution in [1.82, 2.24) is 15.1 Å². The first-order valence-electron chi connectivity index (χ1n) is 11.3. The molecule has 0 bridgehead atoms. The first-order valence-corrected chi connectivity index (χ1v) is 11.3. The Labute approximate surface area is 203 Å². The minimum atomic E-state index is -0.675. The minimum absolute atomic E-state index is 0.0902. The molecule has 1 aliphatic carbocycles. The van der Waals surface area contributed by atoms with Crippen LogP contribution in [0.15, 0.2) is 57.8 Å². The van der Waals surface area contributed by atoms with Crippen molar-refractivity contribution in [2.45, 2.75) is 43.8 Å². The van der Waals surface area contributed by atoms with Crippen LogP contribution in [-0.4, -0.2) is 62.6 Å². The molecular weight excluding hydrogens is 470 g/mol. The number of carbonyl (C=O) groups is 5. The van der Waals surface area contributed by atoms with Crippen LogP contribution in [0.3, 0.4) is 0 Å². The summed E-state index contributed by atoms with van der Waals surface area (Å²) in [7, 11) is 0. The van der Waals surface area contributed by atoms with Crippen molar-refractivity contribution < 1.29 is 33.5 Å². The number of rotatable bonds is 5. The second kappa shape index (κ2) is 8.91. The normalized spacial score (nSPS) is 23.8. The molecule has 3 aliphatic rings. The van der Waals surface area contributed by atoms with Gasteiger partial charge in [0, 0.05) is 59.9 Å². The molecule has 184 valence electrons. The lowest BCUT2D eigenvalue weighted by Gasteiger charge is -2.41. The molecule has 36 heavy (non-hydrogen) atoms. The Kier molecular flexibility index (Phi) is 5.75. The molecule has 1 aromatic carbocycles. The second-order valence-corrected chi connectivity index (χ2v) is 8.99. The molecule has 1 fully saturated rings. The largest absolute Gasteiger partial charge is 0.508 e. The van der Waals surface area contributed by atoms with Gasteiger partial charge in [-0.3, -0.25) is 33.8 Å². The van der Waals surface area contributed by atoms with Gasteiger partial charge in [-0.2, -0.15) is 0 Å². The van der Waals surface area contributed by atoms with Crippen LogP contribution < -0.4 is 10.9 Å². The molecule has 1 aromatic heterocycles. The molecule has 0 radical (unpaired) electrons. The molecule has 0 saturated heterocycles. The summed E-state index contributed by atoms with van der Waals surface area (Å²) in [5.74, 6) is -2.48. The van der Waals surface area contributed by atoms with Crippen molar-refractivity contribution in [3.8, 4) is 5.75 Å². The number of fused-ring (bicyclic) bond motifs is 1. The van der Waals surface area contributed by atoms with Crippen LogP contribution in [0.5, 0.6) is 5.75 Å². The zero-order valence-electron chi connectivity index (χ0n) is 18.9. The summed E-state index contributed by atoms with van der Waals surface area (Å²) < 4.78 is 5.10. The van der Waals surface area contributed by atoms with Gasteiger partial charge in [0.15, 0.2) is 0 Å². The topological polar surface area (TPSA) is 154 Å². The molecule has 3 atom stereocenters. The van der Waals surface area contributed by atoms with Gasteiger partial charge in [0.2, 0.25) is 5.91 Å². The van der Waals surface area contributed by atoms with Gasteiger partial charge in [0.1, 0.15) is 11.3 Å². The Morgan fingerprint density at radius 1 is 0.861 bits per heavy atom. The van der Waals surface area contributed by atoms with Crippen molar-refractivity contribution in [2.24, 2.45) is 0 Å². The highest BCUT2D eigenvalue weighted by Crippen LogP contribution is 2.31. The molecule has 11 heteroatoms. The lowest BCUT2D eigenvalue weighted by atomic mass is 9.85. The Bertz CT molecular complexity index is 1350. The van der Waals surface area contributed by atoms with Gasteiger partial charge in [-0.1, -0.05) is 0 Å². The van der Waals surface area contributed by atoms with Crippen molar-refractivity contribution in [1.29, 1.82) is 0 Å². The molecule has 2 aromatic rings. The zero-order chi connectivity index (χ0) is 25.6. The SMILES string of the molecule is O=C(Cc1cc(=O)oc2cc(O)ccc12)N[C@H]1C[C@@H](N2C(=O)C=CC2=O)C[C@@H](N2C(=O)C=CC2=O)C1. The van der Waals surface area contributed by atoms with Crippen molar-refractivity contribution >= 4 is 40.5 Å². The molecule has 0 spiro atoms. The number of hydrogen-bond acceptors (Lipinski definition) is 8. The van der Waals surface area contributed by atoms with E-state index in [2.05, 4.69) is 5.32 Å². The molecular formula is C25H21N3O8. The van der Waals surface area contributed by atoms with Gasteiger partial charge in [-0.15, -0.1) is 0 Å². The van der Waals surface area contributed by atoms with E-state index >= 15 is 0 Å². The van der Waals surface area contributed by atoms with Gasteiger partial charge in [0.05, 0.1) is 6.42 Å². The predicted molar refractivity (Wildman–Crippen MR) is 123 cm³/mol. The summed E-state index contributed by atoms with van der Waals surface area (Å²) in [6.45, 7) is 0. The first kappa shape index (κ1) is 23.2. The quantitative estimate of drug-likeness (QED) is 0.447. The Balaban J connectivity index is 1.37. The lowest BCUT2D eigenvalue weighted by Crippen LogP contribution is -2.56. The third kappa shape index (κ3) is 4.30. The zero-order valence-corrected chi connectivity index (χ0v) is 18.9. The van der Waals surface area contributed by atoms with Crippen molar-refractivity contribution in [3.05, 3.63) is 64.6 Å². The van der Waals surface area contributed by atoms with E-state index in [1.807, 2.05) is 0 Å². The Morgan fingerprint density at radius 3 is 1.97 bits per heavy atom. The van der Waals surface area contributed by atoms with E-state index in [4.69, 9.17) is 4.42 Å². The number of benzene rings is 1. The number of nitrogens with zero attached hydrogens (tertiary/aromatic N) is 2. The van der Waals surface area contributed by atoms with E-state index in [1.165, 1.54) is 24.3 Å². The fraction of sp³-hybridized carbons (Fsp3) is 0.280. The maximum Gasteiger partial charge on any atom is 0.336 e. The van der Waals surface area contributed by atoms with Crippen LogP contribution in [0.25, 0.3) is 11.0 Å². The predicted octanol–water partition coefficient (Wildman–Crippen LogP) is 0.297. The third-order valence-corrected chi connectivity index (χ3v) is 6.60. The number of aromatic hydroxyl groups is 1. The van der Waals surface area contributed by atoms with E-state index in [-0.39, 0.29) is 37.0 Å². The van der Waals surface area contributed by atoms with Gasteiger partial charge < -0.3 is 14.8 Å². The molecule has 3 heterocycles. The Morgan fingerprint density at radius 2 is 1.42 bits per heavy atom. The fourth-order valence-corrected chi connectivity index (χ4v) is 5.16. The highest BCUT2D eigenvalue weighted by Gasteiger charge is 2.43. The van der Waals surface area contributed by atoms with Crippen LogP contribution in [0.4, 0.5) is 0 Å². The van der Waals surface area contributed by atoms with Gasteiger partial charge in [-0.25, -0.2) is 4.79 Å². The van der Waals surface area contributed by atoms with Crippen LogP contribution in [0.2, 0.25) is 0 Å². The number of phenols is 1. The molecule has 11 nitrogen and oxygen atoms in total. The smallest absolute Gasteiger partial charge is 0.336 e. The lowest BCUT2D eigenvalue weighted by molar-refractivity contribution is -0.142. The number of amides is 5. The summed E-state index contributed by atoms with van der Waals surface area (Å²) in [5.41, 5.74) is -0.142. The average molecular weight is 491 g/mol. The fourth-order valence-electron chi connectivity index (χ4n) is 5.16. The van der Waals surface area contributed by atoms with Crippen molar-refractivity contribution in [2.75, 3.05) is 0 Å². The molecule has 2 aliphatic heterocycles. The van der Waals surface area contributed by atoms with E-state index in [0.717, 1.165) is 34.1 Å². The summed E-state index contributed by atoms with van der Waals surface area (Å²) in [6, 6.07) is 3.63. The average Bonchev–Trinajstić information content (AvgIpc) is 3.32. The van der Waals surface area contributed by atoms with Gasteiger partial charge in [0.25, 0.3) is 23.6 Å². The summed E-state index contributed by atoms with van der Waals surface area (Å²) in [5, 5.41) is 13.0. The van der Waals surface area contributed by atoms with E-state index < -0.39 is 53.3 Å². The molecule has 1 saturated carbocycles. The number of nitrogens with one attached hydrogen (secondary N) is 1. The minimum Gasteiger partial charge on any atom is -0.508 e. The Hall–Kier alpha value is -4.54. The van der Waals surface area contributed by atoms with Crippen LogP contribution in [0.1, 0.15) is 24.8 Å². The maximum atomic E-state index is 13.0. The number of carbonyl (C=O) groups excluding carboxylic acids is 5. The third-order valence-electron chi connectivity index (χ3n) is 6.60. The highest BCUT2D eigenvalue weighted by molar-refractivity contribution is 6.14. The number of imide groups is 2. The van der Waals surface area contributed by atoms with Crippen molar-refractivity contribution in [3.63, 3.8) is 0 Å². The van der Waals surface area contributed by atoms with Gasteiger partial charge >= 0.3 is 5.63 Å². The van der Waals surface area contributed by atoms with Crippen LogP contribution >= 0.6 is 0 Å². The molecule has 2 N–H and O–H groups in total. The summed E-state index contributed by atoms with van der Waals surface area (Å²) in [6.07, 6.45) is 5.18. The van der Waals surface area contributed by atoms with Gasteiger partial charge in [-0.05, 0) is 37.0 Å². The number of hydrogen-bond donors (Lipinski definition) is 2. The highest BCUT2D eigenvalue weighted by atomic mass is 16.4. The first-order chi connectivity index (χ1) is 17.2. The number of phenolic OH excluding ortho intramolecular Hbond substituents is 1. The van der Waals surface area contributed by atoms with Crippen LogP contribution in [0, 0.1) is 0 Å². The molecule has 5 rings (SSSR count). The maximum absolute atomic E-state index is 13.0. The molecule has 0 unspecified atom stereocenters. The molecule has 5 amide bonds. The van der Waals surface area contributed by atoms with Crippen LogP contribution in [-0.2, 0) is 30.4 Å². The summed E-state index contributed by atoms with van der Waals surface area (Å²) in [4.78, 5) is 76.4. The summed E-state index contributed by atoms with van der Waals surface area (Å²) >= 11 is 0. The van der Waals surface area contributed by atoms with E-state index in [1.54, 1.807) is 0 Å². The standard InChI is InChI=1S/C25H21N3O8/c29-17-1-2-18-13(8-25(35)36-19(18)12-17)7-20(30)26-14-9-15(27-21(31)3-4-22(27)32)11-16(10-14)28-23(33)5-6-24(28)34/h1-6,8,12,14-16,29H,7,9-11H2,(H,26,30)/t14-,15+,16-.